The molecule has 1 aromatic heterocycles. The van der Waals surface area contributed by atoms with Gasteiger partial charge in [-0.3, -0.25) is 4.79 Å². The highest BCUT2D eigenvalue weighted by Gasteiger charge is 2.41. The van der Waals surface area contributed by atoms with E-state index in [9.17, 15) is 14.8 Å². The van der Waals surface area contributed by atoms with Gasteiger partial charge in [0.25, 0.3) is 0 Å². The number of benzene rings is 2. The van der Waals surface area contributed by atoms with Gasteiger partial charge in [0.05, 0.1) is 28.9 Å². The molecule has 0 saturated heterocycles. The Kier molecular flexibility index (Phi) is 9.81. The molecule has 0 bridgehead atoms. The van der Waals surface area contributed by atoms with E-state index in [0.29, 0.717) is 42.0 Å². The Hall–Kier alpha value is -4.63. The summed E-state index contributed by atoms with van der Waals surface area (Å²) in [4.78, 5) is 27.3. The molecule has 1 aliphatic carbocycles. The number of aryl methyl sites for hydroxylation is 1. The number of hydrogen-bond donors (Lipinski definition) is 0. The van der Waals surface area contributed by atoms with E-state index < -0.39 is 22.4 Å². The third kappa shape index (κ3) is 8.04. The van der Waals surface area contributed by atoms with E-state index in [4.69, 9.17) is 18.6 Å². The maximum Gasteiger partial charge on any atom is 0.339 e. The van der Waals surface area contributed by atoms with Gasteiger partial charge in [-0.25, -0.2) is 4.79 Å². The van der Waals surface area contributed by atoms with Crippen LogP contribution in [-0.4, -0.2) is 53.9 Å². The maximum absolute atomic E-state index is 13.4. The van der Waals surface area contributed by atoms with Crippen LogP contribution in [0.25, 0.3) is 22.6 Å². The third-order valence-corrected chi connectivity index (χ3v) is 10.2. The number of hydrogen-bond acceptors (Lipinski definition) is 8. The Morgan fingerprint density at radius 3 is 2.62 bits per heavy atom. The van der Waals surface area contributed by atoms with E-state index in [1.165, 1.54) is 0 Å². The first-order valence-corrected chi connectivity index (χ1v) is 18.2. The maximum atomic E-state index is 13.4. The molecule has 0 fully saturated rings. The first kappa shape index (κ1) is 37.1. The molecule has 52 heavy (non-hydrogen) atoms. The second-order valence-corrected chi connectivity index (χ2v) is 16.6. The lowest BCUT2D eigenvalue weighted by Crippen LogP contribution is -2.33. The second-order valence-electron chi connectivity index (χ2n) is 16.6. The van der Waals surface area contributed by atoms with Crippen LogP contribution in [-0.2, 0) is 20.7 Å². The van der Waals surface area contributed by atoms with Crippen LogP contribution in [0.2, 0.25) is 0 Å². The molecule has 1 atom stereocenters. The first-order chi connectivity index (χ1) is 24.3. The number of fused-ring (bicyclic) bond motifs is 6. The highest BCUT2D eigenvalue weighted by atomic mass is 16.6. The lowest BCUT2D eigenvalue weighted by Gasteiger charge is -2.31. The Morgan fingerprint density at radius 1 is 1.10 bits per heavy atom. The molecule has 276 valence electrons. The van der Waals surface area contributed by atoms with E-state index >= 15 is 0 Å². The number of carbonyl (C=O) groups excluding carboxylic acids is 1. The normalized spacial score (nSPS) is 19.3. The lowest BCUT2D eigenvalue weighted by atomic mass is 9.77. The summed E-state index contributed by atoms with van der Waals surface area (Å²) in [6, 6.07) is 11.5. The van der Waals surface area contributed by atoms with Crippen molar-refractivity contribution < 1.29 is 28.2 Å². The van der Waals surface area contributed by atoms with Crippen LogP contribution in [0.4, 0.5) is 11.4 Å². The van der Waals surface area contributed by atoms with E-state index in [-0.39, 0.29) is 24.2 Å². The third-order valence-electron chi connectivity index (χ3n) is 10.2. The summed E-state index contributed by atoms with van der Waals surface area (Å²) >= 11 is 0. The molecule has 2 aromatic carbocycles. The number of nitrogens with zero attached hydrogens (tertiary/aromatic N) is 2. The first-order valence-electron chi connectivity index (χ1n) is 18.2. The van der Waals surface area contributed by atoms with Gasteiger partial charge in [0, 0.05) is 62.5 Å². The van der Waals surface area contributed by atoms with E-state index in [0.717, 1.165) is 51.1 Å². The number of allylic oxidation sites excluding steroid dienone is 2. The van der Waals surface area contributed by atoms with Gasteiger partial charge in [-0.05, 0) is 95.4 Å². The van der Waals surface area contributed by atoms with Crippen LogP contribution in [0.5, 0.6) is 5.75 Å². The van der Waals surface area contributed by atoms with Gasteiger partial charge in [-0.2, -0.15) is 4.74 Å². The zero-order valence-corrected chi connectivity index (χ0v) is 32.1. The number of anilines is 1. The van der Waals surface area contributed by atoms with Gasteiger partial charge in [0.15, 0.2) is 0 Å². The Labute approximate surface area is 306 Å². The molecule has 3 heterocycles. The second kappa shape index (κ2) is 13.7. The van der Waals surface area contributed by atoms with Crippen LogP contribution in [0.15, 0.2) is 69.9 Å². The van der Waals surface area contributed by atoms with Crippen molar-refractivity contribution in [3.63, 3.8) is 0 Å². The van der Waals surface area contributed by atoms with Gasteiger partial charge < -0.3 is 28.7 Å². The minimum absolute atomic E-state index is 0.0634. The van der Waals surface area contributed by atoms with Crippen LogP contribution < -0.4 is 15.3 Å². The van der Waals surface area contributed by atoms with Crippen molar-refractivity contribution in [2.45, 2.75) is 104 Å². The van der Waals surface area contributed by atoms with Gasteiger partial charge in [0.1, 0.15) is 22.5 Å². The molecule has 0 saturated carbocycles. The zero-order chi connectivity index (χ0) is 37.6. The van der Waals surface area contributed by atoms with Gasteiger partial charge in [0.2, 0.25) is 11.4 Å². The molecule has 0 N–H and O–H groups in total. The molecule has 0 radical (unpaired) electrons. The molecule has 9 nitrogen and oxygen atoms in total. The fourth-order valence-corrected chi connectivity index (χ4v) is 7.06. The van der Waals surface area contributed by atoms with Crippen molar-refractivity contribution in [1.82, 2.24) is 0 Å². The summed E-state index contributed by atoms with van der Waals surface area (Å²) in [6.45, 7) is 14.6. The smallest absolute Gasteiger partial charge is 0.339 e. The highest BCUT2D eigenvalue weighted by Crippen LogP contribution is 2.48. The summed E-state index contributed by atoms with van der Waals surface area (Å²) in [5, 5.41) is 14.2. The summed E-state index contributed by atoms with van der Waals surface area (Å²) in [6.07, 6.45) is 13.5. The lowest BCUT2D eigenvalue weighted by molar-refractivity contribution is -0.358. The van der Waals surface area contributed by atoms with E-state index in [1.54, 1.807) is 6.07 Å². The van der Waals surface area contributed by atoms with Crippen molar-refractivity contribution in [3.8, 4) is 5.75 Å². The highest BCUT2D eigenvalue weighted by molar-refractivity contribution is 6.26. The van der Waals surface area contributed by atoms with Crippen molar-refractivity contribution in [2.75, 3.05) is 25.6 Å². The van der Waals surface area contributed by atoms with Crippen molar-refractivity contribution in [1.29, 1.82) is 0 Å². The Morgan fingerprint density at radius 2 is 1.87 bits per heavy atom. The monoisotopic (exact) mass is 708 g/mol. The molecule has 9 heteroatoms. The predicted octanol–water partition coefficient (Wildman–Crippen LogP) is 8.91. The van der Waals surface area contributed by atoms with Gasteiger partial charge in [-0.15, -0.1) is 0 Å². The molecule has 1 unspecified atom stereocenters. The fourth-order valence-electron chi connectivity index (χ4n) is 7.06. The largest absolute Gasteiger partial charge is 0.618 e. The van der Waals surface area contributed by atoms with Crippen LogP contribution in [0.1, 0.15) is 97.3 Å². The Bertz CT molecular complexity index is 2080. The SMILES string of the molecule is CN(C)c1ccc2cc(CCC(=O)OC(C)(C)CCOC(C)(C)/C=C/CC3(C)C=Cc4c(ccc5c4[N+]([O-])=C4CCC(C)(C)C=C45)O3)c(=O)oc2c1. The molecule has 3 aliphatic rings. The van der Waals surface area contributed by atoms with Crippen molar-refractivity contribution >= 4 is 45.7 Å². The van der Waals surface area contributed by atoms with Gasteiger partial charge >= 0.3 is 11.6 Å². The standard InChI is InChI=1S/C43H52N2O7/c1-40(2)21-18-34-33(27-40)31-14-15-35-32(38(31)45(34)48)17-22-43(7,51-35)20-10-19-41(3,4)49-24-23-42(5,6)52-37(46)16-12-29-25-28-11-13-30(44(8)9)26-36(28)50-39(29)47/h10-11,13-15,17,19,22,25-27H,12,16,18,20-21,23-24H2,1-9H3/b19-10+. The summed E-state index contributed by atoms with van der Waals surface area (Å²) < 4.78 is 25.2. The molecule has 6 rings (SSSR count). The molecular formula is C43H52N2O7. The van der Waals surface area contributed by atoms with E-state index in [1.807, 2.05) is 102 Å². The summed E-state index contributed by atoms with van der Waals surface area (Å²) in [7, 11) is 3.85. The average Bonchev–Trinajstić information content (AvgIpc) is 3.32. The van der Waals surface area contributed by atoms with Gasteiger partial charge in [-0.1, -0.05) is 32.1 Å². The quantitative estimate of drug-likeness (QED) is 0.0604. The number of esters is 1. The number of carbonyl (C=O) groups is 1. The van der Waals surface area contributed by atoms with E-state index in [2.05, 4.69) is 26.0 Å². The van der Waals surface area contributed by atoms with Crippen molar-refractivity contribution in [3.05, 3.63) is 93.0 Å². The molecule has 2 aliphatic heterocycles. The molecule has 0 amide bonds. The fraction of sp³-hybridized carbons (Fsp3) is 0.465. The summed E-state index contributed by atoms with van der Waals surface area (Å²) in [5.74, 6) is 0.330. The van der Waals surface area contributed by atoms with Crippen LogP contribution >= 0.6 is 0 Å². The summed E-state index contributed by atoms with van der Waals surface area (Å²) in [5.41, 5.74) is 4.03. The number of ether oxygens (including phenoxy) is 3. The minimum atomic E-state index is -0.752. The zero-order valence-electron chi connectivity index (χ0n) is 32.1. The van der Waals surface area contributed by atoms with Crippen LogP contribution in [0, 0.1) is 10.6 Å². The molecular weight excluding hydrogens is 656 g/mol. The number of rotatable bonds is 12. The van der Waals surface area contributed by atoms with Crippen molar-refractivity contribution in [2.24, 2.45) is 5.41 Å². The van der Waals surface area contributed by atoms with Crippen LogP contribution in [0.3, 0.4) is 0 Å². The predicted molar refractivity (Wildman–Crippen MR) is 208 cm³/mol. The Balaban J connectivity index is 0.987. The molecule has 0 spiro atoms. The topological polar surface area (TPSA) is 104 Å². The minimum Gasteiger partial charge on any atom is -0.618 e. The molecule has 3 aromatic rings. The average molecular weight is 709 g/mol.